The highest BCUT2D eigenvalue weighted by Gasteiger charge is 2.28. The first-order valence-corrected chi connectivity index (χ1v) is 7.56. The summed E-state index contributed by atoms with van der Waals surface area (Å²) in [6.07, 6.45) is 1.06. The Kier molecular flexibility index (Phi) is 4.19. The fraction of sp³-hybridized carbons (Fsp3) is 0.533. The zero-order valence-corrected chi connectivity index (χ0v) is 13.2. The van der Waals surface area contributed by atoms with E-state index in [4.69, 9.17) is 4.74 Å². The lowest BCUT2D eigenvalue weighted by Gasteiger charge is -2.29. The van der Waals surface area contributed by atoms with E-state index in [-0.39, 0.29) is 16.1 Å². The van der Waals surface area contributed by atoms with Gasteiger partial charge in [0.05, 0.1) is 12.1 Å². The van der Waals surface area contributed by atoms with E-state index in [1.54, 1.807) is 0 Å². The molecular formula is C15H20BrNO2. The van der Waals surface area contributed by atoms with Gasteiger partial charge in [0.25, 0.3) is 5.91 Å². The second kappa shape index (κ2) is 5.53. The van der Waals surface area contributed by atoms with E-state index in [9.17, 15) is 4.79 Å². The molecule has 104 valence electrons. The predicted molar refractivity (Wildman–Crippen MR) is 80.0 cm³/mol. The molecule has 1 amide bonds. The first-order valence-electron chi connectivity index (χ1n) is 6.64. The third-order valence-corrected chi connectivity index (χ3v) is 5.55. The van der Waals surface area contributed by atoms with Gasteiger partial charge in [-0.3, -0.25) is 4.79 Å². The fourth-order valence-corrected chi connectivity index (χ4v) is 2.67. The summed E-state index contributed by atoms with van der Waals surface area (Å²) in [5.41, 5.74) is 1.88. The van der Waals surface area contributed by atoms with Gasteiger partial charge in [0.15, 0.2) is 0 Å². The van der Waals surface area contributed by atoms with Gasteiger partial charge in [-0.05, 0) is 29.5 Å². The molecule has 1 unspecified atom stereocenters. The zero-order valence-electron chi connectivity index (χ0n) is 11.6. The maximum Gasteiger partial charge on any atom is 0.255 e. The van der Waals surface area contributed by atoms with Crippen molar-refractivity contribution in [3.63, 3.8) is 0 Å². The highest BCUT2D eigenvalue weighted by Crippen LogP contribution is 2.43. The minimum absolute atomic E-state index is 0.0524. The summed E-state index contributed by atoms with van der Waals surface area (Å²) >= 11 is 3.76. The average Bonchev–Trinajstić information content (AvgIpc) is 2.59. The molecule has 1 atom stereocenters. The van der Waals surface area contributed by atoms with E-state index < -0.39 is 0 Å². The number of rotatable bonds is 3. The molecule has 0 aliphatic carbocycles. The van der Waals surface area contributed by atoms with Crippen LogP contribution < -0.4 is 10.1 Å². The van der Waals surface area contributed by atoms with Crippen molar-refractivity contribution in [3.8, 4) is 5.75 Å². The Bertz CT molecular complexity index is 485. The molecule has 1 aromatic rings. The molecule has 0 bridgehead atoms. The van der Waals surface area contributed by atoms with Crippen molar-refractivity contribution < 1.29 is 9.53 Å². The number of ether oxygens (including phenoxy) is 1. The SMILES string of the molecule is CCC(C)(C)C(Br)c1ccc2c(c1)C(=O)NCCO2. The van der Waals surface area contributed by atoms with Crippen molar-refractivity contribution in [2.45, 2.75) is 32.0 Å². The standard InChI is InChI=1S/C15H20BrNO2/c1-4-15(2,3)13(16)10-5-6-12-11(9-10)14(18)17-7-8-19-12/h5-6,9,13H,4,7-8H2,1-3H3,(H,17,18). The van der Waals surface area contributed by atoms with Gasteiger partial charge < -0.3 is 10.1 Å². The summed E-state index contributed by atoms with van der Waals surface area (Å²) in [6, 6.07) is 5.87. The van der Waals surface area contributed by atoms with Crippen molar-refractivity contribution in [3.05, 3.63) is 29.3 Å². The van der Waals surface area contributed by atoms with Crippen molar-refractivity contribution >= 4 is 21.8 Å². The Morgan fingerprint density at radius 1 is 1.47 bits per heavy atom. The summed E-state index contributed by atoms with van der Waals surface area (Å²) in [4.78, 5) is 12.2. The third-order valence-electron chi connectivity index (χ3n) is 3.78. The molecule has 0 aromatic heterocycles. The van der Waals surface area contributed by atoms with Crippen molar-refractivity contribution in [2.24, 2.45) is 5.41 Å². The monoisotopic (exact) mass is 325 g/mol. The summed E-state index contributed by atoms with van der Waals surface area (Å²) in [6.45, 7) is 7.69. The number of halogens is 1. The normalized spacial score (nSPS) is 16.9. The van der Waals surface area contributed by atoms with E-state index in [0.717, 1.165) is 12.0 Å². The highest BCUT2D eigenvalue weighted by atomic mass is 79.9. The van der Waals surface area contributed by atoms with Crippen LogP contribution in [0.4, 0.5) is 0 Å². The highest BCUT2D eigenvalue weighted by molar-refractivity contribution is 9.09. The molecule has 1 heterocycles. The van der Waals surface area contributed by atoms with E-state index in [1.807, 2.05) is 18.2 Å². The number of hydrogen-bond donors (Lipinski definition) is 1. The van der Waals surface area contributed by atoms with E-state index >= 15 is 0 Å². The summed E-state index contributed by atoms with van der Waals surface area (Å²) in [5, 5.41) is 2.84. The molecule has 0 fully saturated rings. The minimum atomic E-state index is -0.0524. The van der Waals surface area contributed by atoms with E-state index in [1.165, 1.54) is 0 Å². The lowest BCUT2D eigenvalue weighted by Crippen LogP contribution is -2.24. The largest absolute Gasteiger partial charge is 0.491 e. The number of benzene rings is 1. The van der Waals surface area contributed by atoms with Crippen molar-refractivity contribution in [1.82, 2.24) is 5.32 Å². The first-order chi connectivity index (χ1) is 8.95. The Hall–Kier alpha value is -1.03. The number of alkyl halides is 1. The molecule has 1 N–H and O–H groups in total. The molecule has 0 spiro atoms. The van der Waals surface area contributed by atoms with Gasteiger partial charge in [-0.15, -0.1) is 0 Å². The molecule has 0 saturated heterocycles. The number of nitrogens with one attached hydrogen (secondary N) is 1. The third kappa shape index (κ3) is 2.94. The lowest BCUT2D eigenvalue weighted by molar-refractivity contribution is 0.0957. The molecule has 0 saturated carbocycles. The smallest absolute Gasteiger partial charge is 0.255 e. The molecule has 1 aromatic carbocycles. The molecule has 4 heteroatoms. The van der Waals surface area contributed by atoms with Gasteiger partial charge in [0.2, 0.25) is 0 Å². The minimum Gasteiger partial charge on any atom is -0.491 e. The number of hydrogen-bond acceptors (Lipinski definition) is 2. The Labute approximate surface area is 122 Å². The molecule has 1 aliphatic rings. The van der Waals surface area contributed by atoms with Gasteiger partial charge in [0, 0.05) is 4.83 Å². The van der Waals surface area contributed by atoms with Crippen LogP contribution >= 0.6 is 15.9 Å². The molecule has 19 heavy (non-hydrogen) atoms. The summed E-state index contributed by atoms with van der Waals surface area (Å²) in [5.74, 6) is 0.621. The van der Waals surface area contributed by atoms with Gasteiger partial charge in [-0.1, -0.05) is 42.8 Å². The number of carbonyl (C=O) groups excluding carboxylic acids is 1. The molecule has 2 rings (SSSR count). The van der Waals surface area contributed by atoms with Gasteiger partial charge >= 0.3 is 0 Å². The predicted octanol–water partition coefficient (Wildman–Crippen LogP) is 3.68. The molecule has 3 nitrogen and oxygen atoms in total. The number of fused-ring (bicyclic) bond motifs is 1. The number of carbonyl (C=O) groups is 1. The maximum absolute atomic E-state index is 12.0. The van der Waals surface area contributed by atoms with Gasteiger partial charge in [-0.2, -0.15) is 0 Å². The van der Waals surface area contributed by atoms with E-state index in [2.05, 4.69) is 42.0 Å². The van der Waals surface area contributed by atoms with Crippen LogP contribution in [0.2, 0.25) is 0 Å². The first kappa shape index (κ1) is 14.4. The van der Waals surface area contributed by atoms with Crippen LogP contribution in [0, 0.1) is 5.41 Å². The van der Waals surface area contributed by atoms with Crippen LogP contribution in [-0.2, 0) is 0 Å². The van der Waals surface area contributed by atoms with Crippen LogP contribution in [0.3, 0.4) is 0 Å². The van der Waals surface area contributed by atoms with Crippen LogP contribution in [0.25, 0.3) is 0 Å². The van der Waals surface area contributed by atoms with Gasteiger partial charge in [0.1, 0.15) is 12.4 Å². The lowest BCUT2D eigenvalue weighted by atomic mass is 9.83. The zero-order chi connectivity index (χ0) is 14.0. The van der Waals surface area contributed by atoms with E-state index in [0.29, 0.717) is 24.5 Å². The quantitative estimate of drug-likeness (QED) is 0.861. The van der Waals surface area contributed by atoms with Crippen molar-refractivity contribution in [1.29, 1.82) is 0 Å². The van der Waals surface area contributed by atoms with Crippen LogP contribution in [0.15, 0.2) is 18.2 Å². The maximum atomic E-state index is 12.0. The molecule has 1 aliphatic heterocycles. The van der Waals surface area contributed by atoms with Crippen LogP contribution in [0.1, 0.15) is 47.9 Å². The average molecular weight is 326 g/mol. The Morgan fingerprint density at radius 3 is 2.89 bits per heavy atom. The van der Waals surface area contributed by atoms with Crippen LogP contribution in [-0.4, -0.2) is 19.1 Å². The van der Waals surface area contributed by atoms with Crippen LogP contribution in [0.5, 0.6) is 5.75 Å². The molecule has 0 radical (unpaired) electrons. The second-order valence-electron chi connectivity index (χ2n) is 5.56. The van der Waals surface area contributed by atoms with Crippen molar-refractivity contribution in [2.75, 3.05) is 13.2 Å². The van der Waals surface area contributed by atoms with Gasteiger partial charge in [-0.25, -0.2) is 0 Å². The number of amides is 1. The summed E-state index contributed by atoms with van der Waals surface area (Å²) in [7, 11) is 0. The summed E-state index contributed by atoms with van der Waals surface area (Å²) < 4.78 is 5.57. The Morgan fingerprint density at radius 2 is 2.21 bits per heavy atom. The topological polar surface area (TPSA) is 38.3 Å². The Balaban J connectivity index is 2.37. The second-order valence-corrected chi connectivity index (χ2v) is 6.48. The molecular weight excluding hydrogens is 306 g/mol. The fourth-order valence-electron chi connectivity index (χ4n) is 2.06.